The van der Waals surface area contributed by atoms with Gasteiger partial charge in [0, 0.05) is 11.1 Å². The second kappa shape index (κ2) is 9.58. The first-order chi connectivity index (χ1) is 16.5. The summed E-state index contributed by atoms with van der Waals surface area (Å²) in [5.74, 6) is -0.205. The summed E-state index contributed by atoms with van der Waals surface area (Å²) in [5.41, 5.74) is 2.64. The van der Waals surface area contributed by atoms with Gasteiger partial charge in [-0.15, -0.1) is 0 Å². The average Bonchev–Trinajstić information content (AvgIpc) is 3.11. The van der Waals surface area contributed by atoms with Crippen LogP contribution in [0.3, 0.4) is 0 Å². The van der Waals surface area contributed by atoms with Crippen molar-refractivity contribution in [1.82, 2.24) is 14.3 Å². The Morgan fingerprint density at radius 2 is 1.71 bits per heavy atom. The molecule has 0 bridgehead atoms. The van der Waals surface area contributed by atoms with Crippen LogP contribution in [0.5, 0.6) is 0 Å². The number of nitrogens with zero attached hydrogens (tertiary/aromatic N) is 3. The van der Waals surface area contributed by atoms with E-state index in [0.29, 0.717) is 32.0 Å². The summed E-state index contributed by atoms with van der Waals surface area (Å²) in [6.07, 6.45) is 3.40. The van der Waals surface area contributed by atoms with Crippen LogP contribution in [0.15, 0.2) is 98.6 Å². The number of rotatable bonds is 5. The second-order valence-corrected chi connectivity index (χ2v) is 10.5. The van der Waals surface area contributed by atoms with Crippen molar-refractivity contribution in [2.45, 2.75) is 23.4 Å². The zero-order valence-corrected chi connectivity index (χ0v) is 20.6. The number of hydrogen-bond acceptors (Lipinski definition) is 6. The molecule has 2 aromatic heterocycles. The number of carbonyl (C=O) groups is 1. The summed E-state index contributed by atoms with van der Waals surface area (Å²) >= 11 is 8.11. The standard InChI is InChI=1S/C26H19N3O2S3/c1-17-12-13-22-27-23(33-19-10-6-3-7-11-19)20(24(30)28(22)15-17)14-21-25(31)29(26(32)34-21)16-18-8-4-2-5-9-18/h2-15H,16H2,1H3. The Morgan fingerprint density at radius 3 is 2.44 bits per heavy atom. The molecule has 1 fully saturated rings. The first kappa shape index (κ1) is 22.6. The fraction of sp³-hybridized carbons (Fsp3) is 0.0769. The van der Waals surface area contributed by atoms with Gasteiger partial charge >= 0.3 is 0 Å². The van der Waals surface area contributed by atoms with E-state index in [-0.39, 0.29) is 11.5 Å². The van der Waals surface area contributed by atoms with Crippen molar-refractivity contribution in [3.63, 3.8) is 0 Å². The predicted octanol–water partition coefficient (Wildman–Crippen LogP) is 5.56. The SMILES string of the molecule is Cc1ccc2nc(Sc3ccccc3)c(C=C3SC(=S)N(Cc4ccccc4)C3=O)c(=O)n2c1. The molecule has 1 amide bonds. The molecule has 0 saturated carbocycles. The van der Waals surface area contributed by atoms with Gasteiger partial charge in [0.2, 0.25) is 0 Å². The van der Waals surface area contributed by atoms with Gasteiger partial charge in [-0.1, -0.05) is 90.3 Å². The molecule has 1 saturated heterocycles. The lowest BCUT2D eigenvalue weighted by molar-refractivity contribution is -0.122. The quantitative estimate of drug-likeness (QED) is 0.203. The van der Waals surface area contributed by atoms with Crippen molar-refractivity contribution in [3.05, 3.63) is 111 Å². The minimum absolute atomic E-state index is 0.205. The van der Waals surface area contributed by atoms with E-state index in [1.165, 1.54) is 27.9 Å². The zero-order chi connectivity index (χ0) is 23.7. The molecule has 1 aliphatic rings. The maximum Gasteiger partial charge on any atom is 0.266 e. The van der Waals surface area contributed by atoms with Crippen LogP contribution in [-0.2, 0) is 11.3 Å². The second-order valence-electron chi connectivity index (χ2n) is 7.74. The molecular weight excluding hydrogens is 483 g/mol. The van der Waals surface area contributed by atoms with Crippen molar-refractivity contribution in [3.8, 4) is 0 Å². The van der Waals surface area contributed by atoms with Gasteiger partial charge in [-0.05, 0) is 42.3 Å². The monoisotopic (exact) mass is 501 g/mol. The van der Waals surface area contributed by atoms with Crippen molar-refractivity contribution < 1.29 is 4.79 Å². The molecular formula is C26H19N3O2S3. The van der Waals surface area contributed by atoms with Crippen molar-refractivity contribution in [1.29, 1.82) is 0 Å². The molecule has 4 aromatic rings. The van der Waals surface area contributed by atoms with Gasteiger partial charge in [0.1, 0.15) is 15.0 Å². The number of thiocarbonyl (C=S) groups is 1. The summed E-state index contributed by atoms with van der Waals surface area (Å²) in [5, 5.41) is 0.549. The average molecular weight is 502 g/mol. The smallest absolute Gasteiger partial charge is 0.266 e. The Balaban J connectivity index is 1.58. The molecule has 168 valence electrons. The van der Waals surface area contributed by atoms with Crippen LogP contribution < -0.4 is 5.56 Å². The van der Waals surface area contributed by atoms with Crippen molar-refractivity contribution in [2.24, 2.45) is 0 Å². The number of aromatic nitrogens is 2. The molecule has 0 radical (unpaired) electrons. The van der Waals surface area contributed by atoms with E-state index in [2.05, 4.69) is 0 Å². The highest BCUT2D eigenvalue weighted by Gasteiger charge is 2.32. The minimum atomic E-state index is -0.222. The molecule has 3 heterocycles. The van der Waals surface area contributed by atoms with Crippen molar-refractivity contribution in [2.75, 3.05) is 0 Å². The molecule has 2 aromatic carbocycles. The van der Waals surface area contributed by atoms with Crippen LogP contribution in [0.25, 0.3) is 11.7 Å². The number of aryl methyl sites for hydroxylation is 1. The Kier molecular flexibility index (Phi) is 6.36. The van der Waals surface area contributed by atoms with E-state index in [4.69, 9.17) is 17.2 Å². The molecule has 5 rings (SSSR count). The van der Waals surface area contributed by atoms with Gasteiger partial charge < -0.3 is 0 Å². The Hall–Kier alpha value is -3.20. The topological polar surface area (TPSA) is 54.7 Å². The fourth-order valence-corrected chi connectivity index (χ4v) is 5.72. The predicted molar refractivity (Wildman–Crippen MR) is 142 cm³/mol. The third kappa shape index (κ3) is 4.57. The number of pyridine rings is 1. The highest BCUT2D eigenvalue weighted by Crippen LogP contribution is 2.35. The largest absolute Gasteiger partial charge is 0.288 e. The fourth-order valence-electron chi connectivity index (χ4n) is 3.57. The third-order valence-corrected chi connectivity index (χ3v) is 7.65. The number of carbonyl (C=O) groups excluding carboxylic acids is 1. The van der Waals surface area contributed by atoms with Crippen LogP contribution >= 0.6 is 35.7 Å². The van der Waals surface area contributed by atoms with Crippen LogP contribution in [0, 0.1) is 6.92 Å². The van der Waals surface area contributed by atoms with Gasteiger partial charge in [-0.3, -0.25) is 18.9 Å². The Bertz CT molecular complexity index is 1500. The molecule has 1 aliphatic heterocycles. The lowest BCUT2D eigenvalue weighted by atomic mass is 10.2. The van der Waals surface area contributed by atoms with Crippen LogP contribution in [0.2, 0.25) is 0 Å². The molecule has 0 N–H and O–H groups in total. The normalized spacial score (nSPS) is 15.0. The van der Waals surface area contributed by atoms with Gasteiger partial charge in [-0.2, -0.15) is 0 Å². The van der Waals surface area contributed by atoms with Crippen LogP contribution in [-0.4, -0.2) is 24.5 Å². The summed E-state index contributed by atoms with van der Waals surface area (Å²) < 4.78 is 2.00. The van der Waals surface area contributed by atoms with E-state index < -0.39 is 0 Å². The number of amides is 1. The Labute approximate surface area is 210 Å². The van der Waals surface area contributed by atoms with E-state index in [1.54, 1.807) is 17.2 Å². The first-order valence-corrected chi connectivity index (χ1v) is 12.6. The number of thioether (sulfide) groups is 1. The highest BCUT2D eigenvalue weighted by atomic mass is 32.2. The van der Waals surface area contributed by atoms with Gasteiger partial charge in [0.25, 0.3) is 11.5 Å². The number of hydrogen-bond donors (Lipinski definition) is 0. The summed E-state index contributed by atoms with van der Waals surface area (Å²) in [6.45, 7) is 2.31. The lowest BCUT2D eigenvalue weighted by Gasteiger charge is -2.14. The molecule has 8 heteroatoms. The van der Waals surface area contributed by atoms with E-state index >= 15 is 0 Å². The summed E-state index contributed by atoms with van der Waals surface area (Å²) in [4.78, 5) is 34.5. The van der Waals surface area contributed by atoms with E-state index in [1.807, 2.05) is 79.7 Å². The third-order valence-electron chi connectivity index (χ3n) is 5.26. The van der Waals surface area contributed by atoms with E-state index in [0.717, 1.165) is 16.0 Å². The number of benzene rings is 2. The van der Waals surface area contributed by atoms with Gasteiger partial charge in [-0.25, -0.2) is 4.98 Å². The van der Waals surface area contributed by atoms with Gasteiger partial charge in [0.05, 0.1) is 17.0 Å². The molecule has 0 unspecified atom stereocenters. The molecule has 5 nitrogen and oxygen atoms in total. The summed E-state index contributed by atoms with van der Waals surface area (Å²) in [6, 6.07) is 23.2. The highest BCUT2D eigenvalue weighted by molar-refractivity contribution is 8.26. The minimum Gasteiger partial charge on any atom is -0.288 e. The number of fused-ring (bicyclic) bond motifs is 1. The first-order valence-electron chi connectivity index (χ1n) is 10.5. The Morgan fingerprint density at radius 1 is 1.00 bits per heavy atom. The maximum atomic E-state index is 13.5. The molecule has 34 heavy (non-hydrogen) atoms. The molecule has 0 spiro atoms. The molecule has 0 atom stereocenters. The van der Waals surface area contributed by atoms with Crippen molar-refractivity contribution >= 4 is 57.7 Å². The van der Waals surface area contributed by atoms with Gasteiger partial charge in [0.15, 0.2) is 0 Å². The van der Waals surface area contributed by atoms with Crippen LogP contribution in [0.1, 0.15) is 16.7 Å². The van der Waals surface area contributed by atoms with E-state index in [9.17, 15) is 9.59 Å². The van der Waals surface area contributed by atoms with Crippen LogP contribution in [0.4, 0.5) is 0 Å². The summed E-state index contributed by atoms with van der Waals surface area (Å²) in [7, 11) is 0. The maximum absolute atomic E-state index is 13.5. The zero-order valence-electron chi connectivity index (χ0n) is 18.2. The molecule has 0 aliphatic carbocycles. The lowest BCUT2D eigenvalue weighted by Crippen LogP contribution is -2.27.